The summed E-state index contributed by atoms with van der Waals surface area (Å²) in [5.74, 6) is 1.43. The lowest BCUT2D eigenvalue weighted by Crippen LogP contribution is -2.29. The number of β-amino-alcohol motifs (C(OH)–C–C–N with tert-alkyl or cyclic N) is 1. The molecule has 20 heavy (non-hydrogen) atoms. The summed E-state index contributed by atoms with van der Waals surface area (Å²) in [7, 11) is 3.25. The van der Waals surface area contributed by atoms with Crippen molar-refractivity contribution in [2.24, 2.45) is 0 Å². The Morgan fingerprint density at radius 1 is 1.10 bits per heavy atom. The maximum absolute atomic E-state index is 10.5. The number of hydrogen-bond acceptors (Lipinski definition) is 4. The smallest absolute Gasteiger partial charge is 0.128 e. The van der Waals surface area contributed by atoms with E-state index in [1.165, 1.54) is 25.7 Å². The molecule has 1 atom stereocenters. The number of hydrogen-bond donors (Lipinski definition) is 1. The van der Waals surface area contributed by atoms with Gasteiger partial charge in [0.25, 0.3) is 0 Å². The minimum Gasteiger partial charge on any atom is -0.497 e. The highest BCUT2D eigenvalue weighted by molar-refractivity contribution is 5.42. The third kappa shape index (κ3) is 3.87. The second kappa shape index (κ2) is 7.50. The molecule has 1 saturated heterocycles. The molecule has 1 aliphatic heterocycles. The first-order valence-electron chi connectivity index (χ1n) is 7.37. The summed E-state index contributed by atoms with van der Waals surface area (Å²) in [5, 5.41) is 10.5. The third-order valence-electron chi connectivity index (χ3n) is 3.93. The average molecular weight is 279 g/mol. The largest absolute Gasteiger partial charge is 0.497 e. The molecule has 1 aliphatic rings. The average Bonchev–Trinajstić information content (AvgIpc) is 2.75. The van der Waals surface area contributed by atoms with Crippen LogP contribution >= 0.6 is 0 Å². The van der Waals surface area contributed by atoms with Gasteiger partial charge in [-0.15, -0.1) is 0 Å². The first-order valence-corrected chi connectivity index (χ1v) is 7.37. The highest BCUT2D eigenvalue weighted by Crippen LogP contribution is 2.30. The van der Waals surface area contributed by atoms with Crippen molar-refractivity contribution in [1.29, 1.82) is 0 Å². The van der Waals surface area contributed by atoms with Crippen LogP contribution in [0.1, 0.15) is 37.4 Å². The van der Waals surface area contributed by atoms with E-state index in [4.69, 9.17) is 9.47 Å². The maximum Gasteiger partial charge on any atom is 0.128 e. The van der Waals surface area contributed by atoms with E-state index in [2.05, 4.69) is 4.90 Å². The van der Waals surface area contributed by atoms with Gasteiger partial charge in [-0.05, 0) is 38.1 Å². The Kier molecular flexibility index (Phi) is 5.68. The zero-order valence-electron chi connectivity index (χ0n) is 12.5. The Bertz CT molecular complexity index is 414. The Morgan fingerprint density at radius 2 is 1.80 bits per heavy atom. The van der Waals surface area contributed by atoms with Crippen LogP contribution in [0.15, 0.2) is 18.2 Å². The molecule has 4 nitrogen and oxygen atoms in total. The molecule has 0 radical (unpaired) electrons. The van der Waals surface area contributed by atoms with Crippen molar-refractivity contribution in [2.75, 3.05) is 33.9 Å². The number of ether oxygens (including phenoxy) is 2. The molecule has 0 amide bonds. The van der Waals surface area contributed by atoms with E-state index in [1.807, 2.05) is 18.2 Å². The van der Waals surface area contributed by atoms with E-state index in [1.54, 1.807) is 14.2 Å². The van der Waals surface area contributed by atoms with Crippen LogP contribution in [0.5, 0.6) is 11.5 Å². The molecule has 0 saturated carbocycles. The molecular formula is C16H25NO3. The van der Waals surface area contributed by atoms with Gasteiger partial charge in [0.2, 0.25) is 0 Å². The lowest BCUT2D eigenvalue weighted by atomic mass is 10.1. The summed E-state index contributed by atoms with van der Waals surface area (Å²) in [6.45, 7) is 2.83. The van der Waals surface area contributed by atoms with E-state index < -0.39 is 6.10 Å². The van der Waals surface area contributed by atoms with Gasteiger partial charge >= 0.3 is 0 Å². The van der Waals surface area contributed by atoms with Gasteiger partial charge in [0.15, 0.2) is 0 Å². The van der Waals surface area contributed by atoms with Crippen LogP contribution in [0.3, 0.4) is 0 Å². The van der Waals surface area contributed by atoms with Crippen LogP contribution in [0.25, 0.3) is 0 Å². The molecule has 1 unspecified atom stereocenters. The molecule has 1 aromatic carbocycles. The Morgan fingerprint density at radius 3 is 2.40 bits per heavy atom. The van der Waals surface area contributed by atoms with Crippen molar-refractivity contribution >= 4 is 0 Å². The summed E-state index contributed by atoms with van der Waals surface area (Å²) in [4.78, 5) is 2.35. The minimum absolute atomic E-state index is 0.519. The van der Waals surface area contributed by atoms with Gasteiger partial charge < -0.3 is 19.5 Å². The van der Waals surface area contributed by atoms with E-state index in [0.717, 1.165) is 24.4 Å². The van der Waals surface area contributed by atoms with Gasteiger partial charge in [-0.25, -0.2) is 0 Å². The lowest BCUT2D eigenvalue weighted by molar-refractivity contribution is 0.112. The molecule has 0 aliphatic carbocycles. The van der Waals surface area contributed by atoms with Crippen molar-refractivity contribution in [3.8, 4) is 11.5 Å². The van der Waals surface area contributed by atoms with Crippen LogP contribution in [0.4, 0.5) is 0 Å². The molecule has 0 bridgehead atoms. The van der Waals surface area contributed by atoms with Gasteiger partial charge in [0, 0.05) is 18.2 Å². The van der Waals surface area contributed by atoms with Crippen molar-refractivity contribution in [2.45, 2.75) is 31.8 Å². The lowest BCUT2D eigenvalue weighted by Gasteiger charge is -2.24. The standard InChI is InChI=1S/C16H25NO3/c1-19-13-7-8-14(16(11-13)20-2)15(18)12-17-9-5-3-4-6-10-17/h7-8,11,15,18H,3-6,9-10,12H2,1-2H3. The number of aliphatic hydroxyl groups excluding tert-OH is 1. The van der Waals surface area contributed by atoms with Crippen LogP contribution in [0.2, 0.25) is 0 Å². The minimum atomic E-state index is -0.519. The van der Waals surface area contributed by atoms with Gasteiger partial charge in [-0.2, -0.15) is 0 Å². The fourth-order valence-electron chi connectivity index (χ4n) is 2.76. The summed E-state index contributed by atoms with van der Waals surface area (Å²) in [5.41, 5.74) is 0.831. The zero-order chi connectivity index (χ0) is 14.4. The quantitative estimate of drug-likeness (QED) is 0.899. The monoisotopic (exact) mass is 279 g/mol. The van der Waals surface area contributed by atoms with E-state index >= 15 is 0 Å². The van der Waals surface area contributed by atoms with Crippen LogP contribution in [0, 0.1) is 0 Å². The molecule has 4 heteroatoms. The fraction of sp³-hybridized carbons (Fsp3) is 0.625. The number of rotatable bonds is 5. The Labute approximate surface area is 121 Å². The number of likely N-dealkylation sites (tertiary alicyclic amines) is 1. The Balaban J connectivity index is 2.05. The molecule has 1 N–H and O–H groups in total. The molecule has 1 aromatic rings. The predicted octanol–water partition coefficient (Wildman–Crippen LogP) is 2.61. The molecular weight excluding hydrogens is 254 g/mol. The molecule has 1 fully saturated rings. The van der Waals surface area contributed by atoms with E-state index in [0.29, 0.717) is 12.3 Å². The number of aliphatic hydroxyl groups is 1. The van der Waals surface area contributed by atoms with Gasteiger partial charge in [0.05, 0.1) is 20.3 Å². The SMILES string of the molecule is COc1ccc(C(O)CN2CCCCCC2)c(OC)c1. The number of nitrogens with zero attached hydrogens (tertiary/aromatic N) is 1. The summed E-state index contributed by atoms with van der Waals surface area (Å²) in [6.07, 6.45) is 4.55. The topological polar surface area (TPSA) is 41.9 Å². The van der Waals surface area contributed by atoms with Crippen molar-refractivity contribution in [1.82, 2.24) is 4.90 Å². The summed E-state index contributed by atoms with van der Waals surface area (Å²) < 4.78 is 10.6. The fourth-order valence-corrected chi connectivity index (χ4v) is 2.76. The second-order valence-electron chi connectivity index (χ2n) is 5.34. The summed E-state index contributed by atoms with van der Waals surface area (Å²) >= 11 is 0. The first-order chi connectivity index (χ1) is 9.74. The highest BCUT2D eigenvalue weighted by atomic mass is 16.5. The maximum atomic E-state index is 10.5. The van der Waals surface area contributed by atoms with Crippen molar-refractivity contribution < 1.29 is 14.6 Å². The predicted molar refractivity (Wildman–Crippen MR) is 79.4 cm³/mol. The van der Waals surface area contributed by atoms with Crippen LogP contribution in [-0.2, 0) is 0 Å². The molecule has 1 heterocycles. The van der Waals surface area contributed by atoms with Crippen LogP contribution in [-0.4, -0.2) is 43.9 Å². The number of methoxy groups -OCH3 is 2. The third-order valence-corrected chi connectivity index (χ3v) is 3.93. The Hall–Kier alpha value is -1.26. The molecule has 0 aromatic heterocycles. The van der Waals surface area contributed by atoms with Crippen molar-refractivity contribution in [3.05, 3.63) is 23.8 Å². The van der Waals surface area contributed by atoms with Gasteiger partial charge in [-0.3, -0.25) is 0 Å². The van der Waals surface area contributed by atoms with Gasteiger partial charge in [0.1, 0.15) is 11.5 Å². The van der Waals surface area contributed by atoms with E-state index in [-0.39, 0.29) is 0 Å². The summed E-state index contributed by atoms with van der Waals surface area (Å²) in [6, 6.07) is 5.57. The van der Waals surface area contributed by atoms with Crippen molar-refractivity contribution in [3.63, 3.8) is 0 Å². The highest BCUT2D eigenvalue weighted by Gasteiger charge is 2.18. The van der Waals surface area contributed by atoms with Gasteiger partial charge in [-0.1, -0.05) is 12.8 Å². The van der Waals surface area contributed by atoms with Crippen LogP contribution < -0.4 is 9.47 Å². The zero-order valence-corrected chi connectivity index (χ0v) is 12.5. The number of benzene rings is 1. The molecule has 0 spiro atoms. The first kappa shape index (κ1) is 15.1. The second-order valence-corrected chi connectivity index (χ2v) is 5.34. The van der Waals surface area contributed by atoms with E-state index in [9.17, 15) is 5.11 Å². The normalized spacial score (nSPS) is 18.4. The molecule has 2 rings (SSSR count). The molecule has 112 valence electrons.